The van der Waals surface area contributed by atoms with Gasteiger partial charge in [0.25, 0.3) is 11.6 Å². The molecular formula is C14H12N4O3S. The Hall–Kier alpha value is -2.74. The molecule has 0 saturated carbocycles. The summed E-state index contributed by atoms with van der Waals surface area (Å²) in [6, 6.07) is 7.54. The van der Waals surface area contributed by atoms with Crippen LogP contribution in [0.2, 0.25) is 0 Å². The molecule has 22 heavy (non-hydrogen) atoms. The molecule has 0 aliphatic carbocycles. The zero-order valence-electron chi connectivity index (χ0n) is 11.9. The zero-order valence-corrected chi connectivity index (χ0v) is 12.7. The second kappa shape index (κ2) is 5.23. The van der Waals surface area contributed by atoms with Crippen LogP contribution >= 0.6 is 11.3 Å². The number of nitro groups is 1. The molecule has 0 aliphatic rings. The molecule has 112 valence electrons. The maximum Gasteiger partial charge on any atom is 0.269 e. The number of hydrogen-bond acceptors (Lipinski definition) is 5. The predicted molar refractivity (Wildman–Crippen MR) is 84.4 cm³/mol. The first-order valence-electron chi connectivity index (χ1n) is 6.44. The van der Waals surface area contributed by atoms with E-state index in [-0.39, 0.29) is 11.6 Å². The molecule has 0 aliphatic heterocycles. The second-order valence-corrected chi connectivity index (χ2v) is 5.83. The van der Waals surface area contributed by atoms with Crippen molar-refractivity contribution in [1.29, 1.82) is 0 Å². The number of nitro benzene ring substituents is 1. The molecule has 0 spiro atoms. The predicted octanol–water partition coefficient (Wildman–Crippen LogP) is 3.10. The summed E-state index contributed by atoms with van der Waals surface area (Å²) >= 11 is 1.36. The Kier molecular flexibility index (Phi) is 3.38. The van der Waals surface area contributed by atoms with Gasteiger partial charge in [-0.3, -0.25) is 19.6 Å². The summed E-state index contributed by atoms with van der Waals surface area (Å²) in [6.45, 7) is 1.90. The highest BCUT2D eigenvalue weighted by Gasteiger charge is 2.15. The molecule has 0 bridgehead atoms. The van der Waals surface area contributed by atoms with E-state index in [1.54, 1.807) is 4.68 Å². The number of rotatable bonds is 3. The van der Waals surface area contributed by atoms with Crippen LogP contribution in [-0.2, 0) is 7.05 Å². The molecule has 0 unspecified atom stereocenters. The van der Waals surface area contributed by atoms with E-state index in [0.717, 1.165) is 15.9 Å². The van der Waals surface area contributed by atoms with Gasteiger partial charge in [-0.05, 0) is 25.1 Å². The Labute approximate surface area is 129 Å². The van der Waals surface area contributed by atoms with Crippen molar-refractivity contribution in [2.75, 3.05) is 5.32 Å². The summed E-state index contributed by atoms with van der Waals surface area (Å²) in [5.74, 6) is -0.241. The smallest absolute Gasteiger partial charge is 0.269 e. The van der Waals surface area contributed by atoms with Gasteiger partial charge in [-0.25, -0.2) is 0 Å². The molecule has 2 heterocycles. The molecule has 1 aromatic carbocycles. The molecule has 1 N–H and O–H groups in total. The first-order valence-corrected chi connectivity index (χ1v) is 7.26. The van der Waals surface area contributed by atoms with E-state index in [9.17, 15) is 14.9 Å². The van der Waals surface area contributed by atoms with Crippen molar-refractivity contribution >= 4 is 38.8 Å². The highest BCUT2D eigenvalue weighted by molar-refractivity contribution is 7.20. The Morgan fingerprint density at radius 3 is 2.64 bits per heavy atom. The summed E-state index contributed by atoms with van der Waals surface area (Å²) in [5.41, 5.74) is 1.38. The molecule has 0 radical (unpaired) electrons. The highest BCUT2D eigenvalue weighted by atomic mass is 32.1. The molecule has 0 atom stereocenters. The Balaban J connectivity index is 1.83. The quantitative estimate of drug-likeness (QED) is 0.594. The number of nitrogens with zero attached hydrogens (tertiary/aromatic N) is 3. The summed E-state index contributed by atoms with van der Waals surface area (Å²) in [6.07, 6.45) is 0. The van der Waals surface area contributed by atoms with Crippen LogP contribution in [0.1, 0.15) is 15.4 Å². The Bertz CT molecular complexity index is 845. The van der Waals surface area contributed by atoms with Crippen LogP contribution in [0.5, 0.6) is 0 Å². The number of fused-ring (bicyclic) bond motifs is 1. The zero-order chi connectivity index (χ0) is 15.9. The number of carbonyl (C=O) groups excluding carboxylic acids is 1. The van der Waals surface area contributed by atoms with E-state index >= 15 is 0 Å². The van der Waals surface area contributed by atoms with E-state index in [2.05, 4.69) is 10.4 Å². The van der Waals surface area contributed by atoms with E-state index in [0.29, 0.717) is 10.6 Å². The molecule has 1 amide bonds. The number of aryl methyl sites for hydroxylation is 2. The van der Waals surface area contributed by atoms with Gasteiger partial charge >= 0.3 is 0 Å². The molecule has 0 saturated heterocycles. The maximum atomic E-state index is 12.3. The first-order chi connectivity index (χ1) is 10.5. The number of aromatic nitrogens is 2. The van der Waals surface area contributed by atoms with Crippen LogP contribution < -0.4 is 5.32 Å². The third kappa shape index (κ3) is 2.44. The van der Waals surface area contributed by atoms with Crippen LogP contribution in [-0.4, -0.2) is 20.6 Å². The number of non-ortho nitro benzene ring substituents is 1. The van der Waals surface area contributed by atoms with Gasteiger partial charge in [-0.15, -0.1) is 11.3 Å². The number of nitrogens with one attached hydrogen (secondary N) is 1. The Morgan fingerprint density at radius 1 is 1.36 bits per heavy atom. The van der Waals surface area contributed by atoms with Gasteiger partial charge in [0.1, 0.15) is 4.83 Å². The second-order valence-electron chi connectivity index (χ2n) is 4.80. The van der Waals surface area contributed by atoms with Crippen molar-refractivity contribution in [2.45, 2.75) is 6.92 Å². The molecule has 0 fully saturated rings. The minimum atomic E-state index is -0.479. The van der Waals surface area contributed by atoms with Crippen molar-refractivity contribution in [2.24, 2.45) is 7.05 Å². The largest absolute Gasteiger partial charge is 0.321 e. The number of hydrogen-bond donors (Lipinski definition) is 1. The Morgan fingerprint density at radius 2 is 2.05 bits per heavy atom. The third-order valence-electron chi connectivity index (χ3n) is 3.26. The van der Waals surface area contributed by atoms with Crippen molar-refractivity contribution in [3.63, 3.8) is 0 Å². The summed E-state index contributed by atoms with van der Waals surface area (Å²) < 4.78 is 1.75. The van der Waals surface area contributed by atoms with E-state index < -0.39 is 4.92 Å². The molecule has 8 heteroatoms. The van der Waals surface area contributed by atoms with Gasteiger partial charge in [0.15, 0.2) is 0 Å². The lowest BCUT2D eigenvalue weighted by molar-refractivity contribution is -0.384. The lowest BCUT2D eigenvalue weighted by atomic mass is 10.2. The number of thiophene rings is 1. The van der Waals surface area contributed by atoms with Crippen molar-refractivity contribution in [3.05, 3.63) is 51.0 Å². The third-order valence-corrected chi connectivity index (χ3v) is 4.46. The summed E-state index contributed by atoms with van der Waals surface area (Å²) in [5, 5.41) is 18.6. The number of benzene rings is 1. The maximum absolute atomic E-state index is 12.3. The summed E-state index contributed by atoms with van der Waals surface area (Å²) in [4.78, 5) is 23.9. The molecule has 2 aromatic heterocycles. The van der Waals surface area contributed by atoms with Crippen molar-refractivity contribution in [1.82, 2.24) is 9.78 Å². The van der Waals surface area contributed by atoms with Crippen LogP contribution in [0.3, 0.4) is 0 Å². The SMILES string of the molecule is Cc1nn(C)c2sc(C(=O)Nc3ccc([N+](=O)[O-])cc3)cc12. The van der Waals surface area contributed by atoms with Crippen molar-refractivity contribution in [3.8, 4) is 0 Å². The van der Waals surface area contributed by atoms with Gasteiger partial charge in [-0.1, -0.05) is 0 Å². The van der Waals surface area contributed by atoms with Crippen LogP contribution in [0.15, 0.2) is 30.3 Å². The van der Waals surface area contributed by atoms with Crippen LogP contribution in [0.25, 0.3) is 10.2 Å². The monoisotopic (exact) mass is 316 g/mol. The minimum absolute atomic E-state index is 0.0124. The van der Waals surface area contributed by atoms with Gasteiger partial charge in [0, 0.05) is 30.3 Å². The standard InChI is InChI=1S/C14H12N4O3S/c1-8-11-7-12(22-14(11)17(2)16-8)13(19)15-9-3-5-10(6-4-9)18(20)21/h3-7H,1-2H3,(H,15,19). The number of anilines is 1. The van der Waals surface area contributed by atoms with Gasteiger partial charge in [0.05, 0.1) is 15.5 Å². The minimum Gasteiger partial charge on any atom is -0.321 e. The lowest BCUT2D eigenvalue weighted by Crippen LogP contribution is -2.10. The molecule has 3 aromatic rings. The topological polar surface area (TPSA) is 90.1 Å². The van der Waals surface area contributed by atoms with Gasteiger partial charge in [0.2, 0.25) is 0 Å². The fraction of sp³-hybridized carbons (Fsp3) is 0.143. The van der Waals surface area contributed by atoms with E-state index in [1.807, 2.05) is 20.0 Å². The van der Waals surface area contributed by atoms with Gasteiger partial charge < -0.3 is 5.32 Å². The molecular weight excluding hydrogens is 304 g/mol. The van der Waals surface area contributed by atoms with E-state index in [4.69, 9.17) is 0 Å². The average Bonchev–Trinajstić information content (AvgIpc) is 3.02. The molecule has 3 rings (SSSR count). The fourth-order valence-corrected chi connectivity index (χ4v) is 3.19. The molecule has 7 nitrogen and oxygen atoms in total. The highest BCUT2D eigenvalue weighted by Crippen LogP contribution is 2.28. The van der Waals surface area contributed by atoms with Gasteiger partial charge in [-0.2, -0.15) is 5.10 Å². The van der Waals surface area contributed by atoms with Crippen LogP contribution in [0.4, 0.5) is 11.4 Å². The lowest BCUT2D eigenvalue weighted by Gasteiger charge is -2.02. The summed E-state index contributed by atoms with van der Waals surface area (Å²) in [7, 11) is 1.84. The van der Waals surface area contributed by atoms with E-state index in [1.165, 1.54) is 35.6 Å². The fourth-order valence-electron chi connectivity index (χ4n) is 2.18. The number of amides is 1. The first kappa shape index (κ1) is 14.2. The van der Waals surface area contributed by atoms with Crippen LogP contribution in [0, 0.1) is 17.0 Å². The number of carbonyl (C=O) groups is 1. The average molecular weight is 316 g/mol. The van der Waals surface area contributed by atoms with Crippen molar-refractivity contribution < 1.29 is 9.72 Å². The normalized spacial score (nSPS) is 10.8.